The molecule has 2 aliphatic rings. The second-order valence-electron chi connectivity index (χ2n) is 7.49. The minimum Gasteiger partial charge on any atom is -0.423 e. The lowest BCUT2D eigenvalue weighted by atomic mass is 9.83. The first kappa shape index (κ1) is 18.5. The molecule has 4 rings (SSSR count). The van der Waals surface area contributed by atoms with Crippen LogP contribution in [0.15, 0.2) is 41.3 Å². The summed E-state index contributed by atoms with van der Waals surface area (Å²) in [4.78, 5) is 33.4. The summed E-state index contributed by atoms with van der Waals surface area (Å²) in [7, 11) is 0. The smallest absolute Gasteiger partial charge is 0.298 e. The number of carbonyl (C=O) groups excluding carboxylic acids is 2. The average Bonchev–Trinajstić information content (AvgIpc) is 3.18. The Morgan fingerprint density at radius 1 is 1.14 bits per heavy atom. The molecular weight excluding hydrogens is 356 g/mol. The van der Waals surface area contributed by atoms with Crippen molar-refractivity contribution in [2.24, 2.45) is 5.92 Å². The predicted octanol–water partition coefficient (Wildman–Crippen LogP) is 2.34. The van der Waals surface area contributed by atoms with Crippen LogP contribution in [0, 0.1) is 5.92 Å². The first-order valence-electron chi connectivity index (χ1n) is 9.98. The number of hydrogen-bond acceptors (Lipinski definition) is 5. The molecule has 1 saturated heterocycles. The van der Waals surface area contributed by atoms with Crippen molar-refractivity contribution in [1.29, 1.82) is 0 Å². The molecule has 0 unspecified atom stereocenters. The summed E-state index contributed by atoms with van der Waals surface area (Å²) < 4.78 is 5.85. The summed E-state index contributed by atoms with van der Waals surface area (Å²) in [5, 5.41) is 2.95. The van der Waals surface area contributed by atoms with Gasteiger partial charge in [-0.05, 0) is 31.1 Å². The molecule has 1 N–H and O–H groups in total. The highest BCUT2D eigenvalue weighted by Crippen LogP contribution is 2.28. The van der Waals surface area contributed by atoms with Crippen LogP contribution in [0.4, 0.5) is 6.01 Å². The highest BCUT2D eigenvalue weighted by atomic mass is 16.4. The van der Waals surface area contributed by atoms with E-state index < -0.39 is 0 Å². The molecule has 2 aromatic rings. The van der Waals surface area contributed by atoms with Crippen LogP contribution in [0.2, 0.25) is 0 Å². The molecule has 1 saturated carbocycles. The van der Waals surface area contributed by atoms with Crippen molar-refractivity contribution in [2.45, 2.75) is 31.7 Å². The molecule has 1 aromatic heterocycles. The van der Waals surface area contributed by atoms with E-state index in [1.807, 2.05) is 29.2 Å². The molecule has 2 heterocycles. The first-order valence-corrected chi connectivity index (χ1v) is 9.98. The van der Waals surface area contributed by atoms with Crippen LogP contribution >= 0.6 is 0 Å². The minimum atomic E-state index is -0.203. The van der Waals surface area contributed by atoms with Gasteiger partial charge in [-0.2, -0.15) is 4.98 Å². The summed E-state index contributed by atoms with van der Waals surface area (Å²) >= 11 is 0. The number of amides is 2. The number of hydrogen-bond donors (Lipinski definition) is 1. The Bertz CT molecular complexity index is 836. The zero-order valence-corrected chi connectivity index (χ0v) is 16.0. The fraction of sp³-hybridized carbons (Fsp3) is 0.476. The Hall–Kier alpha value is -2.83. The van der Waals surface area contributed by atoms with Gasteiger partial charge < -0.3 is 19.5 Å². The van der Waals surface area contributed by atoms with Crippen LogP contribution in [-0.4, -0.2) is 53.9 Å². The lowest BCUT2D eigenvalue weighted by molar-refractivity contribution is -0.138. The van der Waals surface area contributed by atoms with E-state index in [4.69, 9.17) is 4.42 Å². The number of carbonyl (C=O) groups is 2. The maximum atomic E-state index is 13.1. The second kappa shape index (κ2) is 8.04. The molecule has 2 atom stereocenters. The first-order chi connectivity index (χ1) is 13.7. The van der Waals surface area contributed by atoms with Gasteiger partial charge in [-0.15, -0.1) is 0 Å². The Labute approximate surface area is 164 Å². The quantitative estimate of drug-likeness (QED) is 0.821. The number of oxazole rings is 1. The van der Waals surface area contributed by atoms with Gasteiger partial charge in [0.1, 0.15) is 5.52 Å². The van der Waals surface area contributed by atoms with Crippen LogP contribution in [0.25, 0.3) is 11.1 Å². The maximum Gasteiger partial charge on any atom is 0.298 e. The van der Waals surface area contributed by atoms with Crippen LogP contribution in [0.5, 0.6) is 0 Å². The number of nitrogens with one attached hydrogen (secondary N) is 1. The molecule has 2 fully saturated rings. The lowest BCUT2D eigenvalue weighted by Crippen LogP contribution is -2.54. The number of piperazine rings is 1. The summed E-state index contributed by atoms with van der Waals surface area (Å²) in [5.41, 5.74) is 1.62. The fourth-order valence-corrected chi connectivity index (χ4v) is 4.19. The normalized spacial score (nSPS) is 22.9. The molecule has 0 bridgehead atoms. The Balaban J connectivity index is 1.38. The van der Waals surface area contributed by atoms with Gasteiger partial charge >= 0.3 is 0 Å². The average molecular weight is 382 g/mol. The largest absolute Gasteiger partial charge is 0.423 e. The zero-order chi connectivity index (χ0) is 19.5. The zero-order valence-electron chi connectivity index (χ0n) is 16.0. The summed E-state index contributed by atoms with van der Waals surface area (Å²) in [5.74, 6) is -0.203. The Morgan fingerprint density at radius 2 is 1.89 bits per heavy atom. The Kier molecular flexibility index (Phi) is 5.32. The van der Waals surface area contributed by atoms with Crippen molar-refractivity contribution < 1.29 is 14.0 Å². The van der Waals surface area contributed by atoms with Gasteiger partial charge in [-0.1, -0.05) is 31.6 Å². The lowest BCUT2D eigenvalue weighted by Gasteiger charge is -2.39. The highest BCUT2D eigenvalue weighted by molar-refractivity contribution is 5.88. The minimum absolute atomic E-state index is 0.0955. The molecule has 1 aromatic carbocycles. The van der Waals surface area contributed by atoms with Crippen LogP contribution in [0.1, 0.15) is 25.7 Å². The van der Waals surface area contributed by atoms with E-state index in [2.05, 4.69) is 21.8 Å². The number of anilines is 1. The van der Waals surface area contributed by atoms with E-state index in [1.54, 1.807) is 0 Å². The van der Waals surface area contributed by atoms with Crippen molar-refractivity contribution in [2.75, 3.05) is 31.1 Å². The molecular formula is C21H26N4O3. The van der Waals surface area contributed by atoms with Crippen molar-refractivity contribution in [3.05, 3.63) is 36.9 Å². The van der Waals surface area contributed by atoms with Crippen molar-refractivity contribution in [3.8, 4) is 0 Å². The number of fused-ring (bicyclic) bond motifs is 1. The van der Waals surface area contributed by atoms with Gasteiger partial charge in [0.05, 0.1) is 5.92 Å². The summed E-state index contributed by atoms with van der Waals surface area (Å²) in [6.45, 7) is 6.16. The van der Waals surface area contributed by atoms with Crippen LogP contribution < -0.4 is 10.2 Å². The monoisotopic (exact) mass is 382 g/mol. The molecule has 7 nitrogen and oxygen atoms in total. The molecule has 1 aliphatic carbocycles. The van der Waals surface area contributed by atoms with E-state index in [0.29, 0.717) is 32.2 Å². The third-order valence-corrected chi connectivity index (χ3v) is 5.74. The summed E-state index contributed by atoms with van der Waals surface area (Å²) in [6, 6.07) is 8.23. The van der Waals surface area contributed by atoms with Gasteiger partial charge in [0, 0.05) is 32.2 Å². The van der Waals surface area contributed by atoms with E-state index in [0.717, 1.165) is 36.8 Å². The van der Waals surface area contributed by atoms with Gasteiger partial charge in [-0.25, -0.2) is 0 Å². The van der Waals surface area contributed by atoms with Crippen molar-refractivity contribution in [1.82, 2.24) is 15.2 Å². The van der Waals surface area contributed by atoms with E-state index in [1.165, 1.54) is 6.08 Å². The van der Waals surface area contributed by atoms with E-state index in [-0.39, 0.29) is 23.8 Å². The molecule has 148 valence electrons. The van der Waals surface area contributed by atoms with E-state index >= 15 is 0 Å². The molecule has 28 heavy (non-hydrogen) atoms. The molecule has 0 spiro atoms. The standard InChI is InChI=1S/C21H26N4O3/c1-2-19(26)22-16-8-4-3-7-15(16)20(27)24-11-13-25(14-12-24)21-23-17-9-5-6-10-18(17)28-21/h2,5-6,9-10,15-16H,1,3-4,7-8,11-14H2,(H,22,26)/t15-,16+/m0/s1. The number of rotatable bonds is 4. The van der Waals surface area contributed by atoms with Gasteiger partial charge in [0.25, 0.3) is 6.01 Å². The molecule has 0 radical (unpaired) electrons. The molecule has 2 amide bonds. The SMILES string of the molecule is C=CC(=O)N[C@@H]1CCCC[C@@H]1C(=O)N1CCN(c2nc3ccccc3o2)CC1. The van der Waals surface area contributed by atoms with Crippen LogP contribution in [0.3, 0.4) is 0 Å². The van der Waals surface area contributed by atoms with Gasteiger partial charge in [0.15, 0.2) is 5.58 Å². The number of nitrogens with zero attached hydrogens (tertiary/aromatic N) is 3. The number of benzene rings is 1. The number of aromatic nitrogens is 1. The van der Waals surface area contributed by atoms with E-state index in [9.17, 15) is 9.59 Å². The van der Waals surface area contributed by atoms with Crippen molar-refractivity contribution in [3.63, 3.8) is 0 Å². The summed E-state index contributed by atoms with van der Waals surface area (Å²) in [6.07, 6.45) is 5.01. The Morgan fingerprint density at radius 3 is 2.64 bits per heavy atom. The third kappa shape index (κ3) is 3.74. The third-order valence-electron chi connectivity index (χ3n) is 5.74. The van der Waals surface area contributed by atoms with Gasteiger partial charge in [0.2, 0.25) is 11.8 Å². The second-order valence-corrected chi connectivity index (χ2v) is 7.49. The van der Waals surface area contributed by atoms with Crippen LogP contribution in [-0.2, 0) is 9.59 Å². The number of para-hydroxylation sites is 2. The molecule has 1 aliphatic heterocycles. The van der Waals surface area contributed by atoms with Crippen molar-refractivity contribution >= 4 is 28.9 Å². The van der Waals surface area contributed by atoms with Gasteiger partial charge in [-0.3, -0.25) is 9.59 Å². The molecule has 7 heteroatoms. The maximum absolute atomic E-state index is 13.1. The topological polar surface area (TPSA) is 78.7 Å². The fourth-order valence-electron chi connectivity index (χ4n) is 4.19. The predicted molar refractivity (Wildman–Crippen MR) is 107 cm³/mol. The highest BCUT2D eigenvalue weighted by Gasteiger charge is 2.35.